The molecule has 1 amide bonds. The third-order valence-corrected chi connectivity index (χ3v) is 4.10. The minimum Gasteiger partial charge on any atom is -0.390 e. The number of nitrogens with zero attached hydrogens (tertiary/aromatic N) is 1. The summed E-state index contributed by atoms with van der Waals surface area (Å²) in [6.07, 6.45) is 4.73. The highest BCUT2D eigenvalue weighted by Crippen LogP contribution is 2.23. The van der Waals surface area contributed by atoms with E-state index in [1.54, 1.807) is 17.9 Å². The van der Waals surface area contributed by atoms with Crippen molar-refractivity contribution in [3.63, 3.8) is 0 Å². The molecule has 0 aromatic heterocycles. The molecule has 1 N–H and O–H groups in total. The summed E-state index contributed by atoms with van der Waals surface area (Å²) in [6, 6.07) is 4.41. The van der Waals surface area contributed by atoms with Crippen LogP contribution in [0.3, 0.4) is 0 Å². The van der Waals surface area contributed by atoms with Crippen LogP contribution in [0, 0.1) is 5.82 Å². The van der Waals surface area contributed by atoms with Crippen molar-refractivity contribution in [2.24, 2.45) is 0 Å². The number of amides is 1. The zero-order valence-corrected chi connectivity index (χ0v) is 12.7. The van der Waals surface area contributed by atoms with Gasteiger partial charge in [-0.1, -0.05) is 17.7 Å². The number of likely N-dealkylation sites (tertiary alicyclic amines) is 1. The number of carbonyl (C=O) groups excluding carboxylic acids is 1. The molecule has 21 heavy (non-hydrogen) atoms. The second kappa shape index (κ2) is 6.58. The summed E-state index contributed by atoms with van der Waals surface area (Å²) in [6.45, 7) is 2.89. The number of benzene rings is 1. The van der Waals surface area contributed by atoms with Crippen LogP contribution >= 0.6 is 11.6 Å². The number of hydrogen-bond donors (Lipinski definition) is 1. The third-order valence-electron chi connectivity index (χ3n) is 3.77. The molecule has 0 radical (unpaired) electrons. The van der Waals surface area contributed by atoms with Crippen molar-refractivity contribution in [3.8, 4) is 0 Å². The third kappa shape index (κ3) is 4.29. The Labute approximate surface area is 129 Å². The van der Waals surface area contributed by atoms with E-state index in [2.05, 4.69) is 0 Å². The molecule has 1 aromatic carbocycles. The van der Waals surface area contributed by atoms with Crippen LogP contribution in [0.25, 0.3) is 6.08 Å². The molecule has 1 saturated heterocycles. The molecule has 1 aliphatic heterocycles. The van der Waals surface area contributed by atoms with E-state index in [1.165, 1.54) is 24.3 Å². The van der Waals surface area contributed by atoms with E-state index in [9.17, 15) is 14.3 Å². The molecule has 0 saturated carbocycles. The second-order valence-corrected chi connectivity index (χ2v) is 6.05. The molecule has 1 fully saturated rings. The molecular formula is C16H19ClFNO2. The molecule has 1 unspecified atom stereocenters. The van der Waals surface area contributed by atoms with Gasteiger partial charge >= 0.3 is 0 Å². The summed E-state index contributed by atoms with van der Waals surface area (Å²) in [7, 11) is 0. The maximum Gasteiger partial charge on any atom is 0.246 e. The van der Waals surface area contributed by atoms with Crippen LogP contribution in [0.15, 0.2) is 24.3 Å². The fourth-order valence-corrected chi connectivity index (χ4v) is 2.64. The van der Waals surface area contributed by atoms with Gasteiger partial charge in [-0.3, -0.25) is 4.79 Å². The number of hydrogen-bond acceptors (Lipinski definition) is 2. The van der Waals surface area contributed by atoms with E-state index in [4.69, 9.17) is 11.6 Å². The predicted molar refractivity (Wildman–Crippen MR) is 81.5 cm³/mol. The molecule has 1 heterocycles. The lowest BCUT2D eigenvalue weighted by molar-refractivity contribution is -0.126. The Bertz CT molecular complexity index is 537. The second-order valence-electron chi connectivity index (χ2n) is 5.64. The molecule has 1 aliphatic rings. The lowest BCUT2D eigenvalue weighted by Crippen LogP contribution is -2.32. The normalized spacial score (nSPS) is 23.3. The van der Waals surface area contributed by atoms with Gasteiger partial charge in [-0.05, 0) is 44.4 Å². The molecule has 0 bridgehead atoms. The Hall–Kier alpha value is -1.39. The largest absolute Gasteiger partial charge is 0.390 e. The van der Waals surface area contributed by atoms with E-state index < -0.39 is 11.4 Å². The first kappa shape index (κ1) is 16.0. The van der Waals surface area contributed by atoms with Gasteiger partial charge < -0.3 is 10.0 Å². The average molecular weight is 312 g/mol. The van der Waals surface area contributed by atoms with E-state index >= 15 is 0 Å². The standard InChI is InChI=1S/C16H19ClFNO2/c1-16(21)8-3-10-19(11-9-16)15(20)7-6-12-13(17)4-2-5-14(12)18/h2,4-7,21H,3,8-11H2,1H3/b7-6+. The molecule has 1 aromatic rings. The van der Waals surface area contributed by atoms with Crippen LogP contribution in [-0.4, -0.2) is 34.6 Å². The molecule has 1 atom stereocenters. The van der Waals surface area contributed by atoms with E-state index in [1.807, 2.05) is 0 Å². The van der Waals surface area contributed by atoms with Crippen molar-refractivity contribution in [1.82, 2.24) is 4.90 Å². The van der Waals surface area contributed by atoms with Crippen LogP contribution in [0.5, 0.6) is 0 Å². The quantitative estimate of drug-likeness (QED) is 0.852. The van der Waals surface area contributed by atoms with Gasteiger partial charge in [0.2, 0.25) is 5.91 Å². The van der Waals surface area contributed by atoms with Gasteiger partial charge in [-0.2, -0.15) is 0 Å². The SMILES string of the molecule is CC1(O)CCCN(C(=O)/C=C/c2c(F)cccc2Cl)CC1. The Morgan fingerprint density at radius 1 is 1.43 bits per heavy atom. The van der Waals surface area contributed by atoms with Gasteiger partial charge in [0.05, 0.1) is 10.6 Å². The first-order valence-electron chi connectivity index (χ1n) is 7.02. The molecule has 2 rings (SSSR count). The maximum absolute atomic E-state index is 13.6. The van der Waals surface area contributed by atoms with E-state index in [0.717, 1.165) is 6.42 Å². The monoisotopic (exact) mass is 311 g/mol. The molecule has 5 heteroatoms. The highest BCUT2D eigenvalue weighted by Gasteiger charge is 2.26. The maximum atomic E-state index is 13.6. The fourth-order valence-electron chi connectivity index (χ4n) is 2.41. The summed E-state index contributed by atoms with van der Waals surface area (Å²) in [5.41, 5.74) is -0.498. The Balaban J connectivity index is 2.06. The zero-order chi connectivity index (χ0) is 15.5. The fraction of sp³-hybridized carbons (Fsp3) is 0.438. The van der Waals surface area contributed by atoms with Crippen LogP contribution in [0.2, 0.25) is 5.02 Å². The zero-order valence-electron chi connectivity index (χ0n) is 12.0. The summed E-state index contributed by atoms with van der Waals surface area (Å²) in [5, 5.41) is 10.3. The summed E-state index contributed by atoms with van der Waals surface area (Å²) in [4.78, 5) is 13.8. The van der Waals surface area contributed by atoms with Gasteiger partial charge in [-0.15, -0.1) is 0 Å². The van der Waals surface area contributed by atoms with Gasteiger partial charge in [-0.25, -0.2) is 4.39 Å². The van der Waals surface area contributed by atoms with Crippen molar-refractivity contribution in [3.05, 3.63) is 40.7 Å². The van der Waals surface area contributed by atoms with Crippen molar-refractivity contribution in [2.45, 2.75) is 31.8 Å². The highest BCUT2D eigenvalue weighted by atomic mass is 35.5. The lowest BCUT2D eigenvalue weighted by Gasteiger charge is -2.21. The summed E-state index contributed by atoms with van der Waals surface area (Å²) in [5.74, 6) is -0.641. The van der Waals surface area contributed by atoms with Crippen molar-refractivity contribution in [1.29, 1.82) is 0 Å². The molecule has 114 valence electrons. The smallest absolute Gasteiger partial charge is 0.246 e. The molecule has 0 aliphatic carbocycles. The van der Waals surface area contributed by atoms with Crippen molar-refractivity contribution in [2.75, 3.05) is 13.1 Å². The molecular weight excluding hydrogens is 293 g/mol. The van der Waals surface area contributed by atoms with Crippen molar-refractivity contribution >= 4 is 23.6 Å². The Morgan fingerprint density at radius 2 is 2.19 bits per heavy atom. The number of carbonyl (C=O) groups is 1. The van der Waals surface area contributed by atoms with Crippen LogP contribution in [-0.2, 0) is 4.79 Å². The number of rotatable bonds is 2. The lowest BCUT2D eigenvalue weighted by atomic mass is 9.98. The van der Waals surface area contributed by atoms with E-state index in [0.29, 0.717) is 25.9 Å². The van der Waals surface area contributed by atoms with Gasteiger partial charge in [0.25, 0.3) is 0 Å². The summed E-state index contributed by atoms with van der Waals surface area (Å²) >= 11 is 5.91. The number of aliphatic hydroxyl groups is 1. The van der Waals surface area contributed by atoms with Crippen LogP contribution < -0.4 is 0 Å². The Kier molecular flexibility index (Phi) is 5.01. The minimum absolute atomic E-state index is 0.188. The minimum atomic E-state index is -0.715. The highest BCUT2D eigenvalue weighted by molar-refractivity contribution is 6.32. The van der Waals surface area contributed by atoms with E-state index in [-0.39, 0.29) is 16.5 Å². The Morgan fingerprint density at radius 3 is 2.90 bits per heavy atom. The van der Waals surface area contributed by atoms with Crippen LogP contribution in [0.4, 0.5) is 4.39 Å². The van der Waals surface area contributed by atoms with Crippen LogP contribution in [0.1, 0.15) is 31.7 Å². The molecule has 0 spiro atoms. The first-order valence-corrected chi connectivity index (χ1v) is 7.40. The average Bonchev–Trinajstić information content (AvgIpc) is 2.59. The number of halogens is 2. The van der Waals surface area contributed by atoms with Gasteiger partial charge in [0, 0.05) is 24.7 Å². The van der Waals surface area contributed by atoms with Gasteiger partial charge in [0.1, 0.15) is 5.82 Å². The topological polar surface area (TPSA) is 40.5 Å². The molecule has 3 nitrogen and oxygen atoms in total. The van der Waals surface area contributed by atoms with Crippen molar-refractivity contribution < 1.29 is 14.3 Å². The summed E-state index contributed by atoms with van der Waals surface area (Å²) < 4.78 is 13.6. The predicted octanol–water partition coefficient (Wildman–Crippen LogP) is 3.26. The van der Waals surface area contributed by atoms with Gasteiger partial charge in [0.15, 0.2) is 0 Å². The first-order chi connectivity index (χ1) is 9.89.